The Kier molecular flexibility index (Phi) is 6.06. The third kappa shape index (κ3) is 4.75. The van der Waals surface area contributed by atoms with E-state index in [1.165, 1.54) is 12.3 Å². The van der Waals surface area contributed by atoms with Crippen LogP contribution >= 0.6 is 11.6 Å². The first-order valence-electron chi connectivity index (χ1n) is 8.83. The lowest BCUT2D eigenvalue weighted by Gasteiger charge is -2.14. The third-order valence-electron chi connectivity index (χ3n) is 4.34. The maximum Gasteiger partial charge on any atom is 0.270 e. The van der Waals surface area contributed by atoms with Gasteiger partial charge in [0.15, 0.2) is 0 Å². The normalized spacial score (nSPS) is 11.5. The van der Waals surface area contributed by atoms with Crippen LogP contribution in [-0.4, -0.2) is 16.8 Å². The number of anilines is 1. The van der Waals surface area contributed by atoms with E-state index in [1.807, 2.05) is 44.2 Å². The highest BCUT2D eigenvalue weighted by Crippen LogP contribution is 2.20. The Morgan fingerprint density at radius 2 is 1.75 bits per heavy atom. The van der Waals surface area contributed by atoms with Gasteiger partial charge in [0, 0.05) is 22.5 Å². The fourth-order valence-corrected chi connectivity index (χ4v) is 2.98. The molecule has 28 heavy (non-hydrogen) atoms. The molecule has 2 aromatic carbocycles. The van der Waals surface area contributed by atoms with E-state index in [0.717, 1.165) is 11.1 Å². The van der Waals surface area contributed by atoms with Crippen LogP contribution in [0.4, 0.5) is 5.69 Å². The number of hydrogen-bond acceptors (Lipinski definition) is 3. The average molecular weight is 394 g/mol. The van der Waals surface area contributed by atoms with E-state index in [-0.39, 0.29) is 23.6 Å². The van der Waals surface area contributed by atoms with Crippen molar-refractivity contribution in [2.24, 2.45) is 0 Å². The van der Waals surface area contributed by atoms with Gasteiger partial charge in [0.25, 0.3) is 11.8 Å². The number of carbonyl (C=O) groups is 2. The van der Waals surface area contributed by atoms with Crippen LogP contribution in [0.3, 0.4) is 0 Å². The molecule has 0 aliphatic carbocycles. The molecule has 0 spiro atoms. The molecule has 5 nitrogen and oxygen atoms in total. The van der Waals surface area contributed by atoms with Crippen LogP contribution in [0.25, 0.3) is 0 Å². The Balaban J connectivity index is 1.72. The Labute approximate surface area is 168 Å². The van der Waals surface area contributed by atoms with Gasteiger partial charge in [0.1, 0.15) is 5.69 Å². The smallest absolute Gasteiger partial charge is 0.270 e. The molecular formula is C22H20ClN3O2. The van der Waals surface area contributed by atoms with Gasteiger partial charge in [-0.1, -0.05) is 41.9 Å². The zero-order chi connectivity index (χ0) is 20.1. The third-order valence-corrected chi connectivity index (χ3v) is 4.57. The molecule has 3 aromatic rings. The van der Waals surface area contributed by atoms with Gasteiger partial charge in [-0.25, -0.2) is 0 Å². The van der Waals surface area contributed by atoms with Crippen LogP contribution in [0.15, 0.2) is 66.9 Å². The highest BCUT2D eigenvalue weighted by atomic mass is 35.5. The lowest BCUT2D eigenvalue weighted by Crippen LogP contribution is -2.27. The van der Waals surface area contributed by atoms with Crippen molar-refractivity contribution < 1.29 is 9.59 Å². The zero-order valence-corrected chi connectivity index (χ0v) is 16.3. The number of aryl methyl sites for hydroxylation is 1. The molecule has 0 aliphatic rings. The van der Waals surface area contributed by atoms with E-state index in [1.54, 1.807) is 24.3 Å². The minimum absolute atomic E-state index is 0.176. The van der Waals surface area contributed by atoms with Gasteiger partial charge < -0.3 is 10.6 Å². The van der Waals surface area contributed by atoms with Crippen molar-refractivity contribution in [2.75, 3.05) is 5.32 Å². The minimum atomic E-state index is -0.339. The van der Waals surface area contributed by atoms with Crippen molar-refractivity contribution in [1.82, 2.24) is 10.3 Å². The quantitative estimate of drug-likeness (QED) is 0.654. The van der Waals surface area contributed by atoms with Crippen LogP contribution in [0.5, 0.6) is 0 Å². The Morgan fingerprint density at radius 3 is 2.46 bits per heavy atom. The molecule has 0 bridgehead atoms. The first kappa shape index (κ1) is 19.6. The number of nitrogens with zero attached hydrogens (tertiary/aromatic N) is 1. The summed E-state index contributed by atoms with van der Waals surface area (Å²) < 4.78 is 0. The summed E-state index contributed by atoms with van der Waals surface area (Å²) >= 11 is 5.95. The van der Waals surface area contributed by atoms with Crippen molar-refractivity contribution in [3.05, 3.63) is 94.3 Å². The van der Waals surface area contributed by atoms with E-state index in [2.05, 4.69) is 15.6 Å². The number of benzene rings is 2. The Morgan fingerprint density at radius 1 is 1.00 bits per heavy atom. The number of nitrogens with one attached hydrogen (secondary N) is 2. The molecular weight excluding hydrogens is 374 g/mol. The van der Waals surface area contributed by atoms with Gasteiger partial charge in [0.05, 0.1) is 6.04 Å². The lowest BCUT2D eigenvalue weighted by atomic mass is 10.1. The van der Waals surface area contributed by atoms with Crippen molar-refractivity contribution in [1.29, 1.82) is 0 Å². The van der Waals surface area contributed by atoms with Crippen molar-refractivity contribution in [3.8, 4) is 0 Å². The first-order chi connectivity index (χ1) is 13.4. The molecule has 3 rings (SSSR count). The molecule has 0 saturated heterocycles. The summed E-state index contributed by atoms with van der Waals surface area (Å²) in [6.07, 6.45) is 1.45. The topological polar surface area (TPSA) is 71.1 Å². The van der Waals surface area contributed by atoms with E-state index in [9.17, 15) is 9.59 Å². The second-order valence-corrected chi connectivity index (χ2v) is 6.89. The van der Waals surface area contributed by atoms with Crippen LogP contribution in [0.1, 0.15) is 44.9 Å². The standard InChI is InChI=1S/C22H20ClN3O2/c1-14-12-18(23)8-9-19(14)26-21(27)17-10-11-24-20(13-17)22(28)25-15(2)16-6-4-3-5-7-16/h3-13,15H,1-2H3,(H,25,28)(H,26,27). The summed E-state index contributed by atoms with van der Waals surface area (Å²) in [5.74, 6) is -0.661. The second-order valence-electron chi connectivity index (χ2n) is 6.45. The molecule has 0 saturated carbocycles. The number of rotatable bonds is 5. The highest BCUT2D eigenvalue weighted by molar-refractivity contribution is 6.30. The molecule has 2 N–H and O–H groups in total. The average Bonchev–Trinajstić information content (AvgIpc) is 2.70. The molecule has 0 radical (unpaired) electrons. The van der Waals surface area contributed by atoms with Gasteiger partial charge in [-0.3, -0.25) is 14.6 Å². The van der Waals surface area contributed by atoms with Crippen LogP contribution in [-0.2, 0) is 0 Å². The van der Waals surface area contributed by atoms with Crippen molar-refractivity contribution >= 4 is 29.1 Å². The predicted octanol–water partition coefficient (Wildman–Crippen LogP) is 4.79. The Hall–Kier alpha value is -3.18. The summed E-state index contributed by atoms with van der Waals surface area (Å²) in [5.41, 5.74) is 3.03. The van der Waals surface area contributed by atoms with Gasteiger partial charge in [-0.2, -0.15) is 0 Å². The lowest BCUT2D eigenvalue weighted by molar-refractivity contribution is 0.0935. The van der Waals surface area contributed by atoms with Gasteiger partial charge in [0.2, 0.25) is 0 Å². The van der Waals surface area contributed by atoms with E-state index < -0.39 is 0 Å². The van der Waals surface area contributed by atoms with Gasteiger partial charge >= 0.3 is 0 Å². The summed E-state index contributed by atoms with van der Waals surface area (Å²) in [4.78, 5) is 29.2. The first-order valence-corrected chi connectivity index (χ1v) is 9.21. The molecule has 0 aliphatic heterocycles. The van der Waals surface area contributed by atoms with Crippen molar-refractivity contribution in [2.45, 2.75) is 19.9 Å². The largest absolute Gasteiger partial charge is 0.344 e. The number of aromatic nitrogens is 1. The fourth-order valence-electron chi connectivity index (χ4n) is 2.75. The van der Waals surface area contributed by atoms with Crippen LogP contribution in [0, 0.1) is 6.92 Å². The predicted molar refractivity (Wildman–Crippen MR) is 111 cm³/mol. The monoisotopic (exact) mass is 393 g/mol. The van der Waals surface area contributed by atoms with Crippen LogP contribution < -0.4 is 10.6 Å². The molecule has 1 aromatic heterocycles. The highest BCUT2D eigenvalue weighted by Gasteiger charge is 2.15. The fraction of sp³-hybridized carbons (Fsp3) is 0.136. The number of pyridine rings is 1. The number of amides is 2. The zero-order valence-electron chi connectivity index (χ0n) is 15.6. The van der Waals surface area contributed by atoms with Crippen LogP contribution in [0.2, 0.25) is 5.02 Å². The minimum Gasteiger partial charge on any atom is -0.344 e. The molecule has 1 atom stereocenters. The van der Waals surface area contributed by atoms with E-state index >= 15 is 0 Å². The molecule has 0 fully saturated rings. The molecule has 1 unspecified atom stereocenters. The summed E-state index contributed by atoms with van der Waals surface area (Å²) in [5, 5.41) is 6.33. The Bertz CT molecular complexity index is 1010. The number of carbonyl (C=O) groups excluding carboxylic acids is 2. The van der Waals surface area contributed by atoms with Gasteiger partial charge in [-0.15, -0.1) is 0 Å². The van der Waals surface area contributed by atoms with E-state index in [0.29, 0.717) is 16.3 Å². The molecule has 1 heterocycles. The summed E-state index contributed by atoms with van der Waals surface area (Å²) in [6, 6.07) is 17.7. The number of halogens is 1. The molecule has 2 amide bonds. The maximum atomic E-state index is 12.6. The maximum absolute atomic E-state index is 12.6. The van der Waals surface area contributed by atoms with E-state index in [4.69, 9.17) is 11.6 Å². The molecule has 6 heteroatoms. The van der Waals surface area contributed by atoms with Gasteiger partial charge in [-0.05, 0) is 55.3 Å². The number of hydrogen-bond donors (Lipinski definition) is 2. The summed E-state index contributed by atoms with van der Waals surface area (Å²) in [7, 11) is 0. The summed E-state index contributed by atoms with van der Waals surface area (Å²) in [6.45, 7) is 3.75. The SMILES string of the molecule is Cc1cc(Cl)ccc1NC(=O)c1ccnc(C(=O)NC(C)c2ccccc2)c1. The second kappa shape index (κ2) is 8.67. The molecule has 142 valence electrons. The van der Waals surface area contributed by atoms with Crippen molar-refractivity contribution in [3.63, 3.8) is 0 Å².